The van der Waals surface area contributed by atoms with Crippen molar-refractivity contribution in [3.05, 3.63) is 0 Å². The van der Waals surface area contributed by atoms with Crippen LogP contribution < -0.4 is 5.32 Å². The molecular formula is C16H28N2O2. The zero-order chi connectivity index (χ0) is 15.1. The molecule has 0 aromatic rings. The van der Waals surface area contributed by atoms with E-state index in [1.165, 1.54) is 0 Å². The van der Waals surface area contributed by atoms with E-state index in [1.54, 1.807) is 0 Å². The number of piperazine rings is 1. The van der Waals surface area contributed by atoms with Crippen molar-refractivity contribution in [3.63, 3.8) is 0 Å². The van der Waals surface area contributed by atoms with Gasteiger partial charge in [-0.15, -0.1) is 0 Å². The molecule has 2 rings (SSSR count). The number of hydrogen-bond acceptors (Lipinski definition) is 2. The lowest BCUT2D eigenvalue weighted by Crippen LogP contribution is -2.72. The van der Waals surface area contributed by atoms with E-state index in [4.69, 9.17) is 0 Å². The van der Waals surface area contributed by atoms with Gasteiger partial charge in [-0.2, -0.15) is 0 Å². The van der Waals surface area contributed by atoms with Gasteiger partial charge in [0.15, 0.2) is 0 Å². The lowest BCUT2D eigenvalue weighted by atomic mass is 9.79. The van der Waals surface area contributed by atoms with E-state index in [-0.39, 0.29) is 23.3 Å². The van der Waals surface area contributed by atoms with Crippen molar-refractivity contribution in [2.45, 2.75) is 71.9 Å². The Morgan fingerprint density at radius 2 is 1.90 bits per heavy atom. The first kappa shape index (κ1) is 15.3. The van der Waals surface area contributed by atoms with Crippen molar-refractivity contribution in [3.8, 4) is 0 Å². The predicted molar refractivity (Wildman–Crippen MR) is 79.1 cm³/mol. The average molecular weight is 280 g/mol. The van der Waals surface area contributed by atoms with Gasteiger partial charge in [-0.25, -0.2) is 0 Å². The maximum atomic E-state index is 12.9. The Balaban J connectivity index is 2.31. The molecule has 2 atom stereocenters. The lowest BCUT2D eigenvalue weighted by Gasteiger charge is -2.49. The van der Waals surface area contributed by atoms with Gasteiger partial charge in [0.1, 0.15) is 11.6 Å². The van der Waals surface area contributed by atoms with Crippen LogP contribution in [0.15, 0.2) is 0 Å². The van der Waals surface area contributed by atoms with Crippen LogP contribution in [0.3, 0.4) is 0 Å². The minimum atomic E-state index is -0.674. The topological polar surface area (TPSA) is 49.4 Å². The van der Waals surface area contributed by atoms with Crippen molar-refractivity contribution in [1.29, 1.82) is 0 Å². The highest BCUT2D eigenvalue weighted by Crippen LogP contribution is 2.43. The molecule has 0 spiro atoms. The predicted octanol–water partition coefficient (Wildman–Crippen LogP) is 2.33. The van der Waals surface area contributed by atoms with Crippen LogP contribution in [0.5, 0.6) is 0 Å². The molecular weight excluding hydrogens is 252 g/mol. The maximum Gasteiger partial charge on any atom is 0.249 e. The number of nitrogens with one attached hydrogen (secondary N) is 1. The number of nitrogens with zero attached hydrogens (tertiary/aromatic N) is 1. The van der Waals surface area contributed by atoms with Crippen LogP contribution in [0.2, 0.25) is 0 Å². The Morgan fingerprint density at radius 3 is 2.35 bits per heavy atom. The fourth-order valence-electron chi connectivity index (χ4n) is 3.29. The number of unbranched alkanes of at least 4 members (excludes halogenated alkanes) is 1. The van der Waals surface area contributed by atoms with Gasteiger partial charge in [0.05, 0.1) is 0 Å². The first-order chi connectivity index (χ1) is 9.21. The van der Waals surface area contributed by atoms with Crippen LogP contribution in [-0.4, -0.2) is 34.8 Å². The summed E-state index contributed by atoms with van der Waals surface area (Å²) in [5.41, 5.74) is -0.912. The average Bonchev–Trinajstić information content (AvgIpc) is 3.14. The Morgan fingerprint density at radius 1 is 1.30 bits per heavy atom. The zero-order valence-corrected chi connectivity index (χ0v) is 13.5. The van der Waals surface area contributed by atoms with E-state index in [2.05, 4.69) is 12.2 Å². The standard InChI is InChI=1S/C16H28N2O2/c1-6-7-10-18-12(15(2,3)4)13(19)17-16(5,14(18)20)11-8-9-11/h11-12H,6-10H2,1-5H3,(H,17,19). The summed E-state index contributed by atoms with van der Waals surface area (Å²) in [5.74, 6) is 0.458. The van der Waals surface area contributed by atoms with E-state index >= 15 is 0 Å². The van der Waals surface area contributed by atoms with E-state index < -0.39 is 5.54 Å². The summed E-state index contributed by atoms with van der Waals surface area (Å²) < 4.78 is 0. The second-order valence-electron chi connectivity index (χ2n) is 7.59. The molecule has 1 aliphatic heterocycles. The van der Waals surface area contributed by atoms with Crippen LogP contribution >= 0.6 is 0 Å². The van der Waals surface area contributed by atoms with Gasteiger partial charge in [-0.3, -0.25) is 9.59 Å². The van der Waals surface area contributed by atoms with Gasteiger partial charge < -0.3 is 10.2 Å². The monoisotopic (exact) mass is 280 g/mol. The van der Waals surface area contributed by atoms with Crippen molar-refractivity contribution < 1.29 is 9.59 Å². The molecule has 0 aromatic carbocycles. The normalized spacial score (nSPS) is 31.4. The molecule has 0 radical (unpaired) electrons. The second-order valence-corrected chi connectivity index (χ2v) is 7.59. The SMILES string of the molecule is CCCCN1C(=O)C(C)(C2CC2)NC(=O)C1C(C)(C)C. The minimum Gasteiger partial charge on any atom is -0.340 e. The summed E-state index contributed by atoms with van der Waals surface area (Å²) in [6.07, 6.45) is 4.07. The quantitative estimate of drug-likeness (QED) is 0.859. The molecule has 2 fully saturated rings. The first-order valence-corrected chi connectivity index (χ1v) is 7.85. The molecule has 1 heterocycles. The summed E-state index contributed by atoms with van der Waals surface area (Å²) >= 11 is 0. The highest BCUT2D eigenvalue weighted by molar-refractivity contribution is 6.00. The van der Waals surface area contributed by atoms with Crippen molar-refractivity contribution in [2.24, 2.45) is 11.3 Å². The minimum absolute atomic E-state index is 0.0163. The van der Waals surface area contributed by atoms with Crippen LogP contribution in [0, 0.1) is 11.3 Å². The van der Waals surface area contributed by atoms with Gasteiger partial charge in [-0.1, -0.05) is 34.1 Å². The third-order valence-corrected chi connectivity index (χ3v) is 4.61. The smallest absolute Gasteiger partial charge is 0.249 e. The van der Waals surface area contributed by atoms with Crippen LogP contribution in [0.25, 0.3) is 0 Å². The number of carbonyl (C=O) groups is 2. The van der Waals surface area contributed by atoms with Crippen molar-refractivity contribution in [2.75, 3.05) is 6.54 Å². The Hall–Kier alpha value is -1.06. The van der Waals surface area contributed by atoms with E-state index in [9.17, 15) is 9.59 Å². The van der Waals surface area contributed by atoms with Gasteiger partial charge >= 0.3 is 0 Å². The number of amides is 2. The molecule has 2 amide bonds. The Bertz CT molecular complexity index is 409. The highest BCUT2D eigenvalue weighted by atomic mass is 16.2. The molecule has 0 aromatic heterocycles. The Labute approximate surface area is 122 Å². The summed E-state index contributed by atoms with van der Waals surface area (Å²) in [6, 6.07) is -0.353. The number of rotatable bonds is 4. The lowest BCUT2D eigenvalue weighted by molar-refractivity contribution is -0.159. The highest BCUT2D eigenvalue weighted by Gasteiger charge is 2.56. The largest absolute Gasteiger partial charge is 0.340 e. The molecule has 0 bridgehead atoms. The molecule has 114 valence electrons. The van der Waals surface area contributed by atoms with Crippen molar-refractivity contribution >= 4 is 11.8 Å². The molecule has 1 saturated carbocycles. The molecule has 2 aliphatic rings. The summed E-state index contributed by atoms with van der Waals surface area (Å²) in [7, 11) is 0. The molecule has 4 heteroatoms. The van der Waals surface area contributed by atoms with Gasteiger partial charge in [0.2, 0.25) is 11.8 Å². The first-order valence-electron chi connectivity index (χ1n) is 7.85. The zero-order valence-electron chi connectivity index (χ0n) is 13.5. The van der Waals surface area contributed by atoms with Gasteiger partial charge in [-0.05, 0) is 37.5 Å². The van der Waals surface area contributed by atoms with Gasteiger partial charge in [0.25, 0.3) is 0 Å². The van der Waals surface area contributed by atoms with Gasteiger partial charge in [0, 0.05) is 6.54 Å². The fraction of sp³-hybridized carbons (Fsp3) is 0.875. The number of hydrogen-bond donors (Lipinski definition) is 1. The molecule has 20 heavy (non-hydrogen) atoms. The molecule has 2 unspecified atom stereocenters. The molecule has 1 N–H and O–H groups in total. The Kier molecular flexibility index (Phi) is 3.87. The second kappa shape index (κ2) is 5.05. The molecule has 4 nitrogen and oxygen atoms in total. The fourth-order valence-corrected chi connectivity index (χ4v) is 3.29. The van der Waals surface area contributed by atoms with E-state index in [0.717, 1.165) is 25.7 Å². The summed E-state index contributed by atoms with van der Waals surface area (Å²) in [6.45, 7) is 10.8. The third-order valence-electron chi connectivity index (χ3n) is 4.61. The maximum absolute atomic E-state index is 12.9. The van der Waals surface area contributed by atoms with Crippen LogP contribution in [0.1, 0.15) is 60.3 Å². The summed E-state index contributed by atoms with van der Waals surface area (Å²) in [5, 5.41) is 3.04. The van der Waals surface area contributed by atoms with E-state index in [0.29, 0.717) is 12.5 Å². The molecule has 1 saturated heterocycles. The third kappa shape index (κ3) is 2.57. The van der Waals surface area contributed by atoms with E-state index in [1.807, 2.05) is 32.6 Å². The summed E-state index contributed by atoms with van der Waals surface area (Å²) in [4.78, 5) is 27.4. The number of carbonyl (C=O) groups excluding carboxylic acids is 2. The van der Waals surface area contributed by atoms with Crippen LogP contribution in [0.4, 0.5) is 0 Å². The van der Waals surface area contributed by atoms with Crippen molar-refractivity contribution in [1.82, 2.24) is 10.2 Å². The van der Waals surface area contributed by atoms with Crippen LogP contribution in [-0.2, 0) is 9.59 Å². The molecule has 1 aliphatic carbocycles.